The predicted octanol–water partition coefficient (Wildman–Crippen LogP) is 2.40. The maximum atomic E-state index is 11.6. The third kappa shape index (κ3) is 3.51. The molecule has 3 nitrogen and oxygen atoms in total. The number of amides is 1. The second-order valence-electron chi connectivity index (χ2n) is 4.30. The molecule has 0 fully saturated rings. The Morgan fingerprint density at radius 1 is 1.31 bits per heavy atom. The van der Waals surface area contributed by atoms with Gasteiger partial charge in [0.25, 0.3) is 0 Å². The maximum Gasteiger partial charge on any atom is 0.243 e. The van der Waals surface area contributed by atoms with E-state index in [4.69, 9.17) is 5.73 Å². The highest BCUT2D eigenvalue weighted by atomic mass is 16.2. The summed E-state index contributed by atoms with van der Waals surface area (Å²) in [6.45, 7) is 5.32. The molecule has 0 atom stereocenters. The molecule has 1 aromatic carbocycles. The van der Waals surface area contributed by atoms with Gasteiger partial charge in [0.2, 0.25) is 5.91 Å². The number of hydrogen-bond acceptors (Lipinski definition) is 2. The number of carbonyl (C=O) groups excluding carboxylic acids is 1. The Labute approximate surface area is 96.3 Å². The van der Waals surface area contributed by atoms with E-state index in [9.17, 15) is 4.79 Å². The molecule has 3 N–H and O–H groups in total. The molecule has 0 aliphatic carbocycles. The first-order chi connectivity index (χ1) is 7.43. The number of benzene rings is 1. The molecule has 0 aliphatic rings. The van der Waals surface area contributed by atoms with Crippen LogP contribution < -0.4 is 11.1 Å². The lowest BCUT2D eigenvalue weighted by atomic mass is 10.1. The Kier molecular flexibility index (Phi) is 3.85. The topological polar surface area (TPSA) is 55.1 Å². The second-order valence-corrected chi connectivity index (χ2v) is 4.30. The van der Waals surface area contributed by atoms with Gasteiger partial charge in [-0.3, -0.25) is 4.79 Å². The molecular formula is C13H18N2O. The summed E-state index contributed by atoms with van der Waals surface area (Å²) in [5.41, 5.74) is 6.69. The van der Waals surface area contributed by atoms with Crippen molar-refractivity contribution in [3.05, 3.63) is 35.9 Å². The van der Waals surface area contributed by atoms with Crippen molar-refractivity contribution >= 4 is 17.7 Å². The fourth-order valence-electron chi connectivity index (χ4n) is 1.16. The SMILES string of the molecule is C/C=C/c1ccc(NC(=O)C(C)(C)N)cc1. The number of nitrogens with one attached hydrogen (secondary N) is 1. The van der Waals surface area contributed by atoms with Crippen LogP contribution in [0.1, 0.15) is 26.3 Å². The van der Waals surface area contributed by atoms with Crippen molar-refractivity contribution in [1.29, 1.82) is 0 Å². The molecule has 0 saturated carbocycles. The van der Waals surface area contributed by atoms with Crippen LogP contribution in [-0.2, 0) is 4.79 Å². The van der Waals surface area contributed by atoms with E-state index < -0.39 is 5.54 Å². The van der Waals surface area contributed by atoms with E-state index in [0.29, 0.717) is 0 Å². The first kappa shape index (κ1) is 12.5. The lowest BCUT2D eigenvalue weighted by Gasteiger charge is -2.17. The van der Waals surface area contributed by atoms with Crippen molar-refractivity contribution in [2.45, 2.75) is 26.3 Å². The third-order valence-electron chi connectivity index (χ3n) is 2.11. The number of carbonyl (C=O) groups is 1. The standard InChI is InChI=1S/C13H18N2O/c1-4-5-10-6-8-11(9-7-10)15-12(16)13(2,3)14/h4-9H,14H2,1-3H3,(H,15,16)/b5-4+. The predicted molar refractivity (Wildman–Crippen MR) is 68.0 cm³/mol. The minimum absolute atomic E-state index is 0.189. The van der Waals surface area contributed by atoms with Gasteiger partial charge < -0.3 is 11.1 Å². The van der Waals surface area contributed by atoms with Gasteiger partial charge in [-0.15, -0.1) is 0 Å². The van der Waals surface area contributed by atoms with E-state index in [1.54, 1.807) is 13.8 Å². The third-order valence-corrected chi connectivity index (χ3v) is 2.11. The first-order valence-electron chi connectivity index (χ1n) is 5.26. The first-order valence-corrected chi connectivity index (χ1v) is 5.26. The lowest BCUT2D eigenvalue weighted by Crippen LogP contribution is -2.45. The monoisotopic (exact) mass is 218 g/mol. The van der Waals surface area contributed by atoms with Crippen LogP contribution in [0.15, 0.2) is 30.3 Å². The van der Waals surface area contributed by atoms with Gasteiger partial charge in [0.15, 0.2) is 0 Å². The highest BCUT2D eigenvalue weighted by Gasteiger charge is 2.21. The van der Waals surface area contributed by atoms with E-state index in [0.717, 1.165) is 11.3 Å². The summed E-state index contributed by atoms with van der Waals surface area (Å²) in [6.07, 6.45) is 3.97. The van der Waals surface area contributed by atoms with E-state index in [-0.39, 0.29) is 5.91 Å². The zero-order valence-electron chi connectivity index (χ0n) is 9.95. The fraction of sp³-hybridized carbons (Fsp3) is 0.308. The van der Waals surface area contributed by atoms with Crippen molar-refractivity contribution in [2.75, 3.05) is 5.32 Å². The Hall–Kier alpha value is -1.61. The van der Waals surface area contributed by atoms with Gasteiger partial charge in [-0.2, -0.15) is 0 Å². The van der Waals surface area contributed by atoms with E-state index in [2.05, 4.69) is 5.32 Å². The minimum atomic E-state index is -0.859. The van der Waals surface area contributed by atoms with Gasteiger partial charge in [0, 0.05) is 5.69 Å². The van der Waals surface area contributed by atoms with E-state index in [1.807, 2.05) is 43.3 Å². The second kappa shape index (κ2) is 4.94. The number of anilines is 1. The molecule has 3 heteroatoms. The summed E-state index contributed by atoms with van der Waals surface area (Å²) in [5, 5.41) is 2.76. The molecule has 0 spiro atoms. The van der Waals surface area contributed by atoms with Gasteiger partial charge in [-0.05, 0) is 38.5 Å². The molecule has 0 bridgehead atoms. The lowest BCUT2D eigenvalue weighted by molar-refractivity contribution is -0.120. The molecular weight excluding hydrogens is 200 g/mol. The van der Waals surface area contributed by atoms with Crippen LogP contribution in [0, 0.1) is 0 Å². The van der Waals surface area contributed by atoms with Crippen LogP contribution in [0.2, 0.25) is 0 Å². The number of hydrogen-bond donors (Lipinski definition) is 2. The van der Waals surface area contributed by atoms with Gasteiger partial charge in [-0.1, -0.05) is 24.3 Å². The molecule has 0 heterocycles. The summed E-state index contributed by atoms with van der Waals surface area (Å²) in [4.78, 5) is 11.6. The molecule has 1 rings (SSSR count). The minimum Gasteiger partial charge on any atom is -0.325 e. The summed E-state index contributed by atoms with van der Waals surface area (Å²) >= 11 is 0. The van der Waals surface area contributed by atoms with Gasteiger partial charge >= 0.3 is 0 Å². The van der Waals surface area contributed by atoms with Crippen molar-refractivity contribution < 1.29 is 4.79 Å². The van der Waals surface area contributed by atoms with Gasteiger partial charge in [0.1, 0.15) is 0 Å². The summed E-state index contributed by atoms with van der Waals surface area (Å²) < 4.78 is 0. The molecule has 16 heavy (non-hydrogen) atoms. The molecule has 0 unspecified atom stereocenters. The number of rotatable bonds is 3. The summed E-state index contributed by atoms with van der Waals surface area (Å²) in [6, 6.07) is 7.61. The smallest absolute Gasteiger partial charge is 0.243 e. The highest BCUT2D eigenvalue weighted by Crippen LogP contribution is 2.12. The Balaban J connectivity index is 2.73. The van der Waals surface area contributed by atoms with Crippen LogP contribution in [0.4, 0.5) is 5.69 Å². The van der Waals surface area contributed by atoms with Crippen LogP contribution in [0.25, 0.3) is 6.08 Å². The Morgan fingerprint density at radius 2 is 1.88 bits per heavy atom. The van der Waals surface area contributed by atoms with Crippen molar-refractivity contribution in [1.82, 2.24) is 0 Å². The Bertz CT molecular complexity index is 385. The zero-order chi connectivity index (χ0) is 12.2. The van der Waals surface area contributed by atoms with Crippen LogP contribution in [-0.4, -0.2) is 11.4 Å². The summed E-state index contributed by atoms with van der Waals surface area (Å²) in [7, 11) is 0. The molecule has 1 aromatic rings. The van der Waals surface area contributed by atoms with Crippen molar-refractivity contribution in [2.24, 2.45) is 5.73 Å². The molecule has 86 valence electrons. The molecule has 0 aromatic heterocycles. The van der Waals surface area contributed by atoms with E-state index >= 15 is 0 Å². The van der Waals surface area contributed by atoms with Crippen LogP contribution in [0.3, 0.4) is 0 Å². The molecule has 0 saturated heterocycles. The zero-order valence-corrected chi connectivity index (χ0v) is 9.95. The van der Waals surface area contributed by atoms with Gasteiger partial charge in [0.05, 0.1) is 5.54 Å². The summed E-state index contributed by atoms with van der Waals surface area (Å²) in [5.74, 6) is -0.189. The molecule has 1 amide bonds. The number of nitrogens with two attached hydrogens (primary N) is 1. The average Bonchev–Trinajstić information content (AvgIpc) is 2.20. The highest BCUT2D eigenvalue weighted by molar-refractivity contribution is 5.97. The maximum absolute atomic E-state index is 11.6. The number of allylic oxidation sites excluding steroid dienone is 1. The van der Waals surface area contributed by atoms with Crippen LogP contribution >= 0.6 is 0 Å². The van der Waals surface area contributed by atoms with E-state index in [1.165, 1.54) is 0 Å². The normalized spacial score (nSPS) is 11.8. The Morgan fingerprint density at radius 3 is 2.31 bits per heavy atom. The quantitative estimate of drug-likeness (QED) is 0.818. The van der Waals surface area contributed by atoms with Crippen molar-refractivity contribution in [3.63, 3.8) is 0 Å². The van der Waals surface area contributed by atoms with Crippen LogP contribution in [0.5, 0.6) is 0 Å². The molecule has 0 aliphatic heterocycles. The average molecular weight is 218 g/mol. The largest absolute Gasteiger partial charge is 0.325 e. The molecule has 0 radical (unpaired) electrons. The fourth-order valence-corrected chi connectivity index (χ4v) is 1.16. The van der Waals surface area contributed by atoms with Gasteiger partial charge in [-0.25, -0.2) is 0 Å². The van der Waals surface area contributed by atoms with Crippen molar-refractivity contribution in [3.8, 4) is 0 Å².